The minimum Gasteiger partial charge on any atom is -0.481 e. The van der Waals surface area contributed by atoms with Crippen molar-refractivity contribution in [2.45, 2.75) is 102 Å². The van der Waals surface area contributed by atoms with Gasteiger partial charge in [0, 0.05) is 31.5 Å². The third kappa shape index (κ3) is 6.09. The van der Waals surface area contributed by atoms with Gasteiger partial charge in [0.25, 0.3) is 0 Å². The summed E-state index contributed by atoms with van der Waals surface area (Å²) in [6.45, 7) is 0.831. The van der Waals surface area contributed by atoms with Crippen molar-refractivity contribution in [1.29, 1.82) is 0 Å². The molecule has 6 heteroatoms. The standard InChI is InChI=1S/C26H38N2O4/c29-23(12-7-10-19-8-3-1-4-9-19)22-17-28(18-27-22)16-21-20(24-14-15-25(21)32-24)11-5-2-6-13-26(30)31/h2,5,17-21,24-25H,1,3-4,6-16H2,(H,30,31)/b5-2-/t20-,21+,24+,25-/m0/s1. The minimum absolute atomic E-state index is 0.168. The zero-order valence-electron chi connectivity index (χ0n) is 19.2. The molecule has 0 radical (unpaired) electrons. The number of fused-ring (bicyclic) bond motifs is 2. The van der Waals surface area contributed by atoms with Crippen LogP contribution in [0, 0.1) is 17.8 Å². The summed E-state index contributed by atoms with van der Waals surface area (Å²) in [6, 6.07) is 0. The van der Waals surface area contributed by atoms with Crippen LogP contribution >= 0.6 is 0 Å². The summed E-state index contributed by atoms with van der Waals surface area (Å²) in [5.74, 6) is 1.10. The summed E-state index contributed by atoms with van der Waals surface area (Å²) in [6.07, 6.45) is 21.9. The van der Waals surface area contributed by atoms with Gasteiger partial charge in [-0.3, -0.25) is 9.59 Å². The first-order valence-corrected chi connectivity index (χ1v) is 12.7. The summed E-state index contributed by atoms with van der Waals surface area (Å²) in [5.41, 5.74) is 0.600. The SMILES string of the molecule is O=C(O)CC/C=C\C[C@H]1[C@@H](Cn2cnc(C(=O)CCCC3CCCCC3)c2)[C@@H]2CC[C@H]1O2. The lowest BCUT2D eigenvalue weighted by Gasteiger charge is -2.27. The van der Waals surface area contributed by atoms with Crippen LogP contribution in [-0.2, 0) is 16.1 Å². The Hall–Kier alpha value is -1.95. The Morgan fingerprint density at radius 2 is 1.84 bits per heavy atom. The Balaban J connectivity index is 1.25. The van der Waals surface area contributed by atoms with Crippen molar-refractivity contribution in [3.05, 3.63) is 30.4 Å². The Bertz CT molecular complexity index is 796. The number of Topliss-reactive ketones (excluding diaryl/α,β-unsaturated/α-hetero) is 1. The molecule has 3 heterocycles. The quantitative estimate of drug-likeness (QED) is 0.345. The number of ether oxygens (including phenoxy) is 1. The smallest absolute Gasteiger partial charge is 0.303 e. The highest BCUT2D eigenvalue weighted by Gasteiger charge is 2.48. The van der Waals surface area contributed by atoms with E-state index in [1.807, 2.05) is 12.3 Å². The molecule has 1 aromatic heterocycles. The summed E-state index contributed by atoms with van der Waals surface area (Å²) in [5, 5.41) is 8.78. The fourth-order valence-electron chi connectivity index (χ4n) is 6.03. The molecule has 3 fully saturated rings. The molecule has 4 rings (SSSR count). The van der Waals surface area contributed by atoms with Crippen molar-refractivity contribution in [3.63, 3.8) is 0 Å². The molecule has 0 amide bonds. The van der Waals surface area contributed by atoms with Crippen LogP contribution in [0.1, 0.15) is 94.0 Å². The van der Waals surface area contributed by atoms with Crippen LogP contribution in [0.5, 0.6) is 0 Å². The fraction of sp³-hybridized carbons (Fsp3) is 0.731. The van der Waals surface area contributed by atoms with Gasteiger partial charge in [-0.1, -0.05) is 50.7 Å². The van der Waals surface area contributed by atoms with Gasteiger partial charge in [0.15, 0.2) is 5.78 Å². The third-order valence-electron chi connectivity index (χ3n) is 7.77. The highest BCUT2D eigenvalue weighted by Crippen LogP contribution is 2.46. The van der Waals surface area contributed by atoms with Gasteiger partial charge in [-0.2, -0.15) is 0 Å². The van der Waals surface area contributed by atoms with Gasteiger partial charge in [-0.05, 0) is 43.9 Å². The number of hydrogen-bond donors (Lipinski definition) is 1. The Morgan fingerprint density at radius 3 is 2.62 bits per heavy atom. The molecule has 2 saturated heterocycles. The average Bonchev–Trinajstić information content (AvgIpc) is 3.52. The van der Waals surface area contributed by atoms with Gasteiger partial charge in [-0.25, -0.2) is 4.98 Å². The van der Waals surface area contributed by atoms with Gasteiger partial charge in [0.2, 0.25) is 0 Å². The van der Waals surface area contributed by atoms with E-state index in [2.05, 4.69) is 15.6 Å². The average molecular weight is 443 g/mol. The van der Waals surface area contributed by atoms with Gasteiger partial charge >= 0.3 is 5.97 Å². The Kier molecular flexibility index (Phi) is 8.17. The minimum atomic E-state index is -0.754. The maximum atomic E-state index is 12.6. The second-order valence-corrected chi connectivity index (χ2v) is 10.0. The van der Waals surface area contributed by atoms with Crippen molar-refractivity contribution < 1.29 is 19.4 Å². The number of aliphatic carboxylic acids is 1. The second kappa shape index (κ2) is 11.3. The maximum Gasteiger partial charge on any atom is 0.303 e. The number of carboxylic acids is 1. The van der Waals surface area contributed by atoms with Crippen LogP contribution in [0.3, 0.4) is 0 Å². The molecule has 0 aromatic carbocycles. The van der Waals surface area contributed by atoms with E-state index < -0.39 is 5.97 Å². The molecule has 2 bridgehead atoms. The Labute approximate surface area is 191 Å². The van der Waals surface area contributed by atoms with Crippen LogP contribution in [0.15, 0.2) is 24.7 Å². The van der Waals surface area contributed by atoms with Crippen LogP contribution < -0.4 is 0 Å². The molecule has 32 heavy (non-hydrogen) atoms. The van der Waals surface area contributed by atoms with Crippen molar-refractivity contribution in [2.24, 2.45) is 17.8 Å². The number of nitrogens with zero attached hydrogens (tertiary/aromatic N) is 2. The van der Waals surface area contributed by atoms with E-state index >= 15 is 0 Å². The molecule has 1 aromatic rings. The van der Waals surface area contributed by atoms with Crippen LogP contribution in [0.25, 0.3) is 0 Å². The van der Waals surface area contributed by atoms with Crippen molar-refractivity contribution in [1.82, 2.24) is 9.55 Å². The van der Waals surface area contributed by atoms with E-state index in [9.17, 15) is 9.59 Å². The maximum absolute atomic E-state index is 12.6. The van der Waals surface area contributed by atoms with Gasteiger partial charge in [-0.15, -0.1) is 0 Å². The molecule has 0 spiro atoms. The van der Waals surface area contributed by atoms with Gasteiger partial charge in [0.1, 0.15) is 5.69 Å². The number of imidazole rings is 1. The van der Waals surface area contributed by atoms with E-state index in [0.717, 1.165) is 38.1 Å². The number of aromatic nitrogens is 2. The van der Waals surface area contributed by atoms with Crippen LogP contribution in [0.4, 0.5) is 0 Å². The molecule has 1 aliphatic carbocycles. The van der Waals surface area contributed by atoms with Gasteiger partial charge < -0.3 is 14.4 Å². The summed E-state index contributed by atoms with van der Waals surface area (Å²) < 4.78 is 8.27. The number of carboxylic acid groups (broad SMARTS) is 1. The lowest BCUT2D eigenvalue weighted by molar-refractivity contribution is -0.136. The molecule has 0 unspecified atom stereocenters. The molecule has 2 aliphatic heterocycles. The molecule has 4 atom stereocenters. The fourth-order valence-corrected chi connectivity index (χ4v) is 6.03. The van der Waals surface area contributed by atoms with Crippen molar-refractivity contribution in [3.8, 4) is 0 Å². The highest BCUT2D eigenvalue weighted by molar-refractivity contribution is 5.93. The third-order valence-corrected chi connectivity index (χ3v) is 7.77. The van der Waals surface area contributed by atoms with Gasteiger partial charge in [0.05, 0.1) is 18.5 Å². The van der Waals surface area contributed by atoms with Crippen molar-refractivity contribution in [2.75, 3.05) is 0 Å². The predicted octanol–water partition coefficient (Wildman–Crippen LogP) is 5.42. The summed E-state index contributed by atoms with van der Waals surface area (Å²) >= 11 is 0. The normalized spacial score (nSPS) is 28.0. The van der Waals surface area contributed by atoms with Crippen molar-refractivity contribution >= 4 is 11.8 Å². The summed E-state index contributed by atoms with van der Waals surface area (Å²) in [4.78, 5) is 27.7. The summed E-state index contributed by atoms with van der Waals surface area (Å²) in [7, 11) is 0. The molecule has 1 saturated carbocycles. The molecular formula is C26H38N2O4. The zero-order chi connectivity index (χ0) is 22.3. The van der Waals surface area contributed by atoms with E-state index in [1.54, 1.807) is 6.33 Å². The topological polar surface area (TPSA) is 81.4 Å². The number of carbonyl (C=O) groups is 2. The zero-order valence-corrected chi connectivity index (χ0v) is 19.2. The molecule has 176 valence electrons. The number of rotatable bonds is 12. The largest absolute Gasteiger partial charge is 0.481 e. The van der Waals surface area contributed by atoms with Crippen LogP contribution in [-0.4, -0.2) is 38.6 Å². The number of hydrogen-bond acceptors (Lipinski definition) is 4. The number of allylic oxidation sites excluding steroid dienone is 2. The molecule has 6 nitrogen and oxygen atoms in total. The number of carbonyl (C=O) groups excluding carboxylic acids is 1. The monoisotopic (exact) mass is 442 g/mol. The first-order valence-electron chi connectivity index (χ1n) is 12.7. The molecular weight excluding hydrogens is 404 g/mol. The first-order chi connectivity index (χ1) is 15.6. The van der Waals surface area contributed by atoms with E-state index in [0.29, 0.717) is 36.5 Å². The Morgan fingerprint density at radius 1 is 1.06 bits per heavy atom. The van der Waals surface area contributed by atoms with E-state index in [-0.39, 0.29) is 18.3 Å². The second-order valence-electron chi connectivity index (χ2n) is 10.0. The predicted molar refractivity (Wildman–Crippen MR) is 122 cm³/mol. The van der Waals surface area contributed by atoms with E-state index in [1.165, 1.54) is 38.5 Å². The van der Waals surface area contributed by atoms with Crippen LogP contribution in [0.2, 0.25) is 0 Å². The highest BCUT2D eigenvalue weighted by atomic mass is 16.5. The molecule has 1 N–H and O–H groups in total. The first kappa shape index (κ1) is 23.2. The lowest BCUT2D eigenvalue weighted by Crippen LogP contribution is -2.30. The number of ketones is 1. The van der Waals surface area contributed by atoms with E-state index in [4.69, 9.17) is 9.84 Å². The lowest BCUT2D eigenvalue weighted by atomic mass is 9.77. The molecule has 3 aliphatic rings.